The van der Waals surface area contributed by atoms with Gasteiger partial charge in [-0.1, -0.05) is 18.5 Å². The molecule has 1 aliphatic rings. The van der Waals surface area contributed by atoms with Crippen LogP contribution < -0.4 is 10.2 Å². The zero-order valence-electron chi connectivity index (χ0n) is 15.7. The molecule has 3 aromatic rings. The van der Waals surface area contributed by atoms with Crippen molar-refractivity contribution in [3.8, 4) is 0 Å². The first kappa shape index (κ1) is 18.6. The van der Waals surface area contributed by atoms with E-state index in [9.17, 15) is 9.90 Å². The number of pyridine rings is 1. The Bertz CT molecular complexity index is 1010. The van der Waals surface area contributed by atoms with E-state index in [0.717, 1.165) is 24.7 Å². The Morgan fingerprint density at radius 3 is 2.57 bits per heavy atom. The Kier molecular flexibility index (Phi) is 5.09. The van der Waals surface area contributed by atoms with E-state index in [-0.39, 0.29) is 5.56 Å². The fraction of sp³-hybridized carbons (Fsp3) is 0.273. The number of halogens is 1. The van der Waals surface area contributed by atoms with Gasteiger partial charge in [0.1, 0.15) is 5.56 Å². The number of piperidine rings is 1. The number of benzene rings is 2. The molecule has 2 heterocycles. The summed E-state index contributed by atoms with van der Waals surface area (Å²) < 4.78 is 0. The number of carbonyl (C=O) groups is 1. The van der Waals surface area contributed by atoms with E-state index in [1.54, 1.807) is 18.2 Å². The Morgan fingerprint density at radius 1 is 1.18 bits per heavy atom. The van der Waals surface area contributed by atoms with E-state index >= 15 is 0 Å². The maximum absolute atomic E-state index is 11.7. The summed E-state index contributed by atoms with van der Waals surface area (Å²) in [5, 5.41) is 14.1. The molecule has 2 aromatic carbocycles. The van der Waals surface area contributed by atoms with Crippen molar-refractivity contribution < 1.29 is 9.90 Å². The third kappa shape index (κ3) is 3.76. The molecule has 1 aromatic heterocycles. The highest BCUT2D eigenvalue weighted by molar-refractivity contribution is 6.31. The molecule has 4 rings (SSSR count). The van der Waals surface area contributed by atoms with E-state index in [1.807, 2.05) is 12.1 Å². The highest BCUT2D eigenvalue weighted by Crippen LogP contribution is 2.32. The summed E-state index contributed by atoms with van der Waals surface area (Å²) in [7, 11) is 0. The van der Waals surface area contributed by atoms with Crippen LogP contribution >= 0.6 is 11.6 Å². The normalized spacial score (nSPS) is 15.0. The van der Waals surface area contributed by atoms with Gasteiger partial charge in [0.25, 0.3) is 0 Å². The minimum atomic E-state index is -1.03. The highest BCUT2D eigenvalue weighted by Gasteiger charge is 2.17. The third-order valence-corrected chi connectivity index (χ3v) is 5.58. The molecule has 0 saturated carbocycles. The van der Waals surface area contributed by atoms with Crippen LogP contribution in [0.3, 0.4) is 0 Å². The van der Waals surface area contributed by atoms with Gasteiger partial charge in [-0.3, -0.25) is 4.98 Å². The van der Waals surface area contributed by atoms with Gasteiger partial charge in [0.05, 0.1) is 11.2 Å². The highest BCUT2D eigenvalue weighted by atomic mass is 35.5. The number of rotatable bonds is 4. The number of carboxylic acid groups (broad SMARTS) is 1. The minimum Gasteiger partial charge on any atom is -0.478 e. The molecule has 0 unspecified atom stereocenters. The summed E-state index contributed by atoms with van der Waals surface area (Å²) in [6.45, 7) is 4.45. The second-order valence-electron chi connectivity index (χ2n) is 7.35. The van der Waals surface area contributed by atoms with E-state index in [1.165, 1.54) is 24.7 Å². The molecule has 0 aliphatic carbocycles. The topological polar surface area (TPSA) is 65.5 Å². The first-order chi connectivity index (χ1) is 13.5. The summed E-state index contributed by atoms with van der Waals surface area (Å²) in [6.07, 6.45) is 3.81. The summed E-state index contributed by atoms with van der Waals surface area (Å²) in [6, 6.07) is 13.4. The van der Waals surface area contributed by atoms with E-state index in [0.29, 0.717) is 21.6 Å². The monoisotopic (exact) mass is 395 g/mol. The van der Waals surface area contributed by atoms with Crippen molar-refractivity contribution in [3.05, 3.63) is 59.2 Å². The number of aromatic carboxylic acids is 1. The Morgan fingerprint density at radius 2 is 1.89 bits per heavy atom. The largest absolute Gasteiger partial charge is 0.478 e. The molecule has 1 saturated heterocycles. The van der Waals surface area contributed by atoms with Gasteiger partial charge in [0.2, 0.25) is 0 Å². The lowest BCUT2D eigenvalue weighted by Crippen LogP contribution is -2.32. The number of anilines is 3. The number of carboxylic acids is 1. The molecule has 28 heavy (non-hydrogen) atoms. The maximum atomic E-state index is 11.7. The molecule has 144 valence electrons. The number of aromatic nitrogens is 1. The van der Waals surface area contributed by atoms with Gasteiger partial charge < -0.3 is 15.3 Å². The standard InChI is InChI=1S/C22H22ClN3O2/c1-14-8-10-26(11-9-14)17-5-3-16(4-6-17)25-21-18-12-15(23)2-7-20(18)24-13-19(21)22(27)28/h2-7,12-14H,8-11H2,1H3,(H,24,25)(H,27,28). The SMILES string of the molecule is CC1CCN(c2ccc(Nc3c(C(=O)O)cnc4ccc(Cl)cc34)cc2)CC1. The van der Waals surface area contributed by atoms with Crippen molar-refractivity contribution >= 4 is 45.5 Å². The van der Waals surface area contributed by atoms with E-state index in [2.05, 4.69) is 34.3 Å². The summed E-state index contributed by atoms with van der Waals surface area (Å²) >= 11 is 6.13. The fourth-order valence-electron chi connectivity index (χ4n) is 3.63. The van der Waals surface area contributed by atoms with Crippen molar-refractivity contribution in [1.82, 2.24) is 4.98 Å². The molecule has 0 radical (unpaired) electrons. The van der Waals surface area contributed by atoms with Crippen molar-refractivity contribution in [1.29, 1.82) is 0 Å². The smallest absolute Gasteiger partial charge is 0.339 e. The van der Waals surface area contributed by atoms with Crippen molar-refractivity contribution in [2.24, 2.45) is 5.92 Å². The lowest BCUT2D eigenvalue weighted by molar-refractivity contribution is 0.0697. The second kappa shape index (κ2) is 7.68. The molecule has 5 nitrogen and oxygen atoms in total. The van der Waals surface area contributed by atoms with Crippen LogP contribution in [-0.4, -0.2) is 29.1 Å². The molecular weight excluding hydrogens is 374 g/mol. The van der Waals surface area contributed by atoms with Gasteiger partial charge in [-0.15, -0.1) is 0 Å². The third-order valence-electron chi connectivity index (χ3n) is 5.35. The Balaban J connectivity index is 1.65. The predicted octanol–water partition coefficient (Wildman–Crippen LogP) is 5.57. The first-order valence-corrected chi connectivity index (χ1v) is 9.82. The summed E-state index contributed by atoms with van der Waals surface area (Å²) in [4.78, 5) is 18.3. The zero-order valence-corrected chi connectivity index (χ0v) is 16.4. The van der Waals surface area contributed by atoms with Gasteiger partial charge in [-0.25, -0.2) is 4.79 Å². The van der Waals surface area contributed by atoms with E-state index < -0.39 is 5.97 Å². The van der Waals surface area contributed by atoms with Crippen LogP contribution in [0.25, 0.3) is 10.9 Å². The van der Waals surface area contributed by atoms with Crippen LogP contribution in [0.2, 0.25) is 5.02 Å². The van der Waals surface area contributed by atoms with Gasteiger partial charge in [0.15, 0.2) is 0 Å². The molecular formula is C22H22ClN3O2. The average molecular weight is 396 g/mol. The van der Waals surface area contributed by atoms with Gasteiger partial charge in [0, 0.05) is 41.1 Å². The molecule has 0 amide bonds. The first-order valence-electron chi connectivity index (χ1n) is 9.45. The number of nitrogens with one attached hydrogen (secondary N) is 1. The fourth-order valence-corrected chi connectivity index (χ4v) is 3.80. The summed E-state index contributed by atoms with van der Waals surface area (Å²) in [5.41, 5.74) is 3.32. The van der Waals surface area contributed by atoms with Crippen LogP contribution in [0.1, 0.15) is 30.1 Å². The van der Waals surface area contributed by atoms with Crippen LogP contribution in [0.15, 0.2) is 48.7 Å². The molecule has 6 heteroatoms. The maximum Gasteiger partial charge on any atom is 0.339 e. The summed E-state index contributed by atoms with van der Waals surface area (Å²) in [5.74, 6) is -0.241. The lowest BCUT2D eigenvalue weighted by Gasteiger charge is -2.32. The molecule has 0 bridgehead atoms. The van der Waals surface area contributed by atoms with Crippen molar-refractivity contribution in [2.45, 2.75) is 19.8 Å². The van der Waals surface area contributed by atoms with Crippen molar-refractivity contribution in [3.63, 3.8) is 0 Å². The number of nitrogens with zero attached hydrogens (tertiary/aromatic N) is 2. The second-order valence-corrected chi connectivity index (χ2v) is 7.79. The predicted molar refractivity (Wildman–Crippen MR) is 114 cm³/mol. The lowest BCUT2D eigenvalue weighted by atomic mass is 9.99. The van der Waals surface area contributed by atoms with Crippen molar-refractivity contribution in [2.75, 3.05) is 23.3 Å². The molecule has 0 atom stereocenters. The average Bonchev–Trinajstić information content (AvgIpc) is 2.69. The van der Waals surface area contributed by atoms with Crippen LogP contribution in [0, 0.1) is 5.92 Å². The van der Waals surface area contributed by atoms with Gasteiger partial charge in [-0.05, 0) is 61.2 Å². The number of fused-ring (bicyclic) bond motifs is 1. The Hall–Kier alpha value is -2.79. The number of hydrogen-bond acceptors (Lipinski definition) is 4. The minimum absolute atomic E-state index is 0.115. The molecule has 1 aliphatic heterocycles. The van der Waals surface area contributed by atoms with Crippen LogP contribution in [0.5, 0.6) is 0 Å². The van der Waals surface area contributed by atoms with Crippen LogP contribution in [-0.2, 0) is 0 Å². The van der Waals surface area contributed by atoms with Gasteiger partial charge >= 0.3 is 5.97 Å². The molecule has 2 N–H and O–H groups in total. The molecule has 0 spiro atoms. The van der Waals surface area contributed by atoms with Gasteiger partial charge in [-0.2, -0.15) is 0 Å². The van der Waals surface area contributed by atoms with E-state index in [4.69, 9.17) is 11.6 Å². The zero-order chi connectivity index (χ0) is 19.7. The quantitative estimate of drug-likeness (QED) is 0.604. The number of hydrogen-bond donors (Lipinski definition) is 2. The molecule has 1 fully saturated rings. The van der Waals surface area contributed by atoms with Crippen LogP contribution in [0.4, 0.5) is 17.1 Å². The Labute approximate surface area is 169 Å².